The van der Waals surface area contributed by atoms with Crippen LogP contribution in [0.2, 0.25) is 0 Å². The summed E-state index contributed by atoms with van der Waals surface area (Å²) in [5, 5.41) is 3.01. The Hall–Kier alpha value is -2.64. The molecule has 0 unspecified atom stereocenters. The number of carbonyl (C=O) groups is 3. The Kier molecular flexibility index (Phi) is 5.62. The lowest BCUT2D eigenvalue weighted by Crippen LogP contribution is -2.56. The molecule has 8 nitrogen and oxygen atoms in total. The van der Waals surface area contributed by atoms with Gasteiger partial charge in [0.1, 0.15) is 6.04 Å². The minimum absolute atomic E-state index is 0.0566. The lowest BCUT2D eigenvalue weighted by molar-refractivity contribution is -0.152. The van der Waals surface area contributed by atoms with Crippen LogP contribution in [-0.2, 0) is 16.1 Å². The Morgan fingerprint density at radius 2 is 2.15 bits per heavy atom. The third-order valence-corrected chi connectivity index (χ3v) is 4.93. The number of nitrogens with one attached hydrogen (secondary N) is 1. The number of urea groups is 1. The van der Waals surface area contributed by atoms with E-state index in [2.05, 4.69) is 24.1 Å². The zero-order valence-electron chi connectivity index (χ0n) is 16.1. The Labute approximate surface area is 159 Å². The first kappa shape index (κ1) is 19.1. The van der Waals surface area contributed by atoms with Crippen molar-refractivity contribution in [2.75, 3.05) is 26.7 Å². The van der Waals surface area contributed by atoms with E-state index in [1.54, 1.807) is 23.0 Å². The summed E-state index contributed by atoms with van der Waals surface area (Å²) in [4.78, 5) is 46.4. The maximum atomic E-state index is 12.9. The highest BCUT2D eigenvalue weighted by Gasteiger charge is 2.45. The van der Waals surface area contributed by atoms with Crippen LogP contribution in [0.15, 0.2) is 24.4 Å². The predicted molar refractivity (Wildman–Crippen MR) is 99.6 cm³/mol. The number of amides is 4. The minimum atomic E-state index is -0.462. The van der Waals surface area contributed by atoms with Gasteiger partial charge in [0, 0.05) is 26.3 Å². The molecule has 2 atom stereocenters. The average molecular weight is 373 g/mol. The van der Waals surface area contributed by atoms with Gasteiger partial charge in [-0.1, -0.05) is 19.9 Å². The van der Waals surface area contributed by atoms with E-state index in [9.17, 15) is 14.4 Å². The van der Waals surface area contributed by atoms with Crippen molar-refractivity contribution in [3.8, 4) is 0 Å². The van der Waals surface area contributed by atoms with Crippen molar-refractivity contribution in [2.45, 2.75) is 38.9 Å². The largest absolute Gasteiger partial charge is 0.335 e. The minimum Gasteiger partial charge on any atom is -0.335 e. The maximum absolute atomic E-state index is 12.9. The number of hydrogen-bond donors (Lipinski definition) is 1. The number of piperazine rings is 1. The summed E-state index contributed by atoms with van der Waals surface area (Å²) < 4.78 is 0. The summed E-state index contributed by atoms with van der Waals surface area (Å²) in [6, 6.07) is 4.76. The average Bonchev–Trinajstić information content (AvgIpc) is 3.04. The summed E-state index contributed by atoms with van der Waals surface area (Å²) in [5.74, 6) is 0.191. The normalized spacial score (nSPS) is 22.2. The van der Waals surface area contributed by atoms with Gasteiger partial charge in [-0.25, -0.2) is 4.79 Å². The standard InChI is InChI=1S/C19H27N5O3/c1-13(2)9-23(10-14-6-4-5-7-20-14)19(27)21-15-8-16-18(26)22(3)12-17(25)24(16)11-15/h4-7,13,15-16H,8-12H2,1-3H3,(H,21,27)/t15-,16-/m0/s1. The molecule has 0 radical (unpaired) electrons. The van der Waals surface area contributed by atoms with E-state index < -0.39 is 6.04 Å². The lowest BCUT2D eigenvalue weighted by atomic mass is 10.1. The predicted octanol–water partition coefficient (Wildman–Crippen LogP) is 0.691. The zero-order chi connectivity index (χ0) is 19.6. The molecule has 8 heteroatoms. The van der Waals surface area contributed by atoms with Gasteiger partial charge in [-0.2, -0.15) is 0 Å². The third-order valence-electron chi connectivity index (χ3n) is 4.93. The van der Waals surface area contributed by atoms with Crippen LogP contribution in [-0.4, -0.2) is 76.3 Å². The first-order valence-electron chi connectivity index (χ1n) is 9.35. The van der Waals surface area contributed by atoms with Crippen LogP contribution in [0, 0.1) is 5.92 Å². The van der Waals surface area contributed by atoms with Gasteiger partial charge >= 0.3 is 6.03 Å². The molecule has 1 aromatic rings. The number of hydrogen-bond acceptors (Lipinski definition) is 4. The van der Waals surface area contributed by atoms with Crippen LogP contribution in [0.1, 0.15) is 26.0 Å². The topological polar surface area (TPSA) is 85.9 Å². The van der Waals surface area contributed by atoms with Crippen LogP contribution in [0.4, 0.5) is 4.79 Å². The molecule has 1 aromatic heterocycles. The molecule has 0 aromatic carbocycles. The quantitative estimate of drug-likeness (QED) is 0.823. The summed E-state index contributed by atoms with van der Waals surface area (Å²) in [6.45, 7) is 5.63. The molecule has 3 heterocycles. The number of fused-ring (bicyclic) bond motifs is 1. The van der Waals surface area contributed by atoms with Gasteiger partial charge in [-0.05, 0) is 24.5 Å². The molecular formula is C19H27N5O3. The van der Waals surface area contributed by atoms with Crippen molar-refractivity contribution in [3.63, 3.8) is 0 Å². The van der Waals surface area contributed by atoms with Crippen molar-refractivity contribution in [2.24, 2.45) is 5.92 Å². The summed E-state index contributed by atoms with van der Waals surface area (Å²) in [7, 11) is 1.64. The molecule has 2 fully saturated rings. The fourth-order valence-electron chi connectivity index (χ4n) is 3.69. The van der Waals surface area contributed by atoms with Crippen molar-refractivity contribution < 1.29 is 14.4 Å². The van der Waals surface area contributed by atoms with Crippen molar-refractivity contribution in [1.29, 1.82) is 0 Å². The van der Waals surface area contributed by atoms with Gasteiger partial charge in [-0.15, -0.1) is 0 Å². The van der Waals surface area contributed by atoms with E-state index in [0.29, 0.717) is 32.0 Å². The molecule has 1 N–H and O–H groups in total. The molecule has 0 spiro atoms. The number of carbonyl (C=O) groups excluding carboxylic acids is 3. The van der Waals surface area contributed by atoms with E-state index in [-0.39, 0.29) is 30.4 Å². The number of pyridine rings is 1. The van der Waals surface area contributed by atoms with Crippen LogP contribution in [0.25, 0.3) is 0 Å². The third kappa shape index (κ3) is 4.37. The van der Waals surface area contributed by atoms with Gasteiger partial charge in [0.25, 0.3) is 0 Å². The first-order valence-corrected chi connectivity index (χ1v) is 9.35. The SMILES string of the molecule is CC(C)CN(Cc1ccccn1)C(=O)N[C@H]1C[C@H]2C(=O)N(C)CC(=O)N2C1. The van der Waals surface area contributed by atoms with Gasteiger partial charge in [0.2, 0.25) is 11.8 Å². The molecule has 2 saturated heterocycles. The second-order valence-electron chi connectivity index (χ2n) is 7.73. The fourth-order valence-corrected chi connectivity index (χ4v) is 3.69. The molecule has 0 saturated carbocycles. The number of rotatable bonds is 5. The number of likely N-dealkylation sites (N-methyl/N-ethyl adjacent to an activating group) is 1. The Morgan fingerprint density at radius 1 is 1.37 bits per heavy atom. The van der Waals surface area contributed by atoms with Crippen molar-refractivity contribution in [3.05, 3.63) is 30.1 Å². The Balaban J connectivity index is 1.65. The molecular weight excluding hydrogens is 346 g/mol. The molecule has 4 amide bonds. The summed E-state index contributed by atoms with van der Waals surface area (Å²) >= 11 is 0. The number of nitrogens with zero attached hydrogens (tertiary/aromatic N) is 4. The van der Waals surface area contributed by atoms with Gasteiger partial charge in [-0.3, -0.25) is 14.6 Å². The first-order chi connectivity index (χ1) is 12.8. The maximum Gasteiger partial charge on any atom is 0.318 e. The highest BCUT2D eigenvalue weighted by molar-refractivity contribution is 5.95. The smallest absolute Gasteiger partial charge is 0.318 e. The van der Waals surface area contributed by atoms with E-state index >= 15 is 0 Å². The molecule has 27 heavy (non-hydrogen) atoms. The zero-order valence-corrected chi connectivity index (χ0v) is 16.1. The second-order valence-corrected chi connectivity index (χ2v) is 7.73. The highest BCUT2D eigenvalue weighted by atomic mass is 16.2. The monoisotopic (exact) mass is 373 g/mol. The molecule has 146 valence electrons. The van der Waals surface area contributed by atoms with Gasteiger partial charge in [0.05, 0.1) is 24.8 Å². The summed E-state index contributed by atoms with van der Waals surface area (Å²) in [5.41, 5.74) is 0.823. The van der Waals surface area contributed by atoms with Crippen LogP contribution >= 0.6 is 0 Å². The molecule has 0 aliphatic carbocycles. The van der Waals surface area contributed by atoms with Crippen LogP contribution < -0.4 is 5.32 Å². The molecule has 2 aliphatic rings. The summed E-state index contributed by atoms with van der Waals surface area (Å²) in [6.07, 6.45) is 2.17. The van der Waals surface area contributed by atoms with E-state index in [0.717, 1.165) is 5.69 Å². The fraction of sp³-hybridized carbons (Fsp3) is 0.579. The highest BCUT2D eigenvalue weighted by Crippen LogP contribution is 2.23. The van der Waals surface area contributed by atoms with Gasteiger partial charge in [0.15, 0.2) is 0 Å². The van der Waals surface area contributed by atoms with E-state index in [1.807, 2.05) is 18.2 Å². The van der Waals surface area contributed by atoms with Crippen LogP contribution in [0.3, 0.4) is 0 Å². The molecule has 3 rings (SSSR count). The molecule has 2 aliphatic heterocycles. The van der Waals surface area contributed by atoms with Crippen LogP contribution in [0.5, 0.6) is 0 Å². The Bertz CT molecular complexity index is 709. The van der Waals surface area contributed by atoms with E-state index in [1.165, 1.54) is 4.90 Å². The van der Waals surface area contributed by atoms with E-state index in [4.69, 9.17) is 0 Å². The lowest BCUT2D eigenvalue weighted by Gasteiger charge is -2.33. The van der Waals surface area contributed by atoms with Crippen molar-refractivity contribution in [1.82, 2.24) is 25.0 Å². The molecule has 0 bridgehead atoms. The number of aromatic nitrogens is 1. The second kappa shape index (κ2) is 7.94. The van der Waals surface area contributed by atoms with Gasteiger partial charge < -0.3 is 20.0 Å². The van der Waals surface area contributed by atoms with Crippen molar-refractivity contribution >= 4 is 17.8 Å². The Morgan fingerprint density at radius 3 is 2.81 bits per heavy atom.